The SMILES string of the molecule is Cc1ccccc1NC(=O)[C@H]1CCCN(S(=O)(=O)c2c(C)noc2/C=C/N(C)C)C1. The van der Waals surface area contributed by atoms with Crippen LogP contribution in [0.1, 0.15) is 29.9 Å². The molecule has 8 nitrogen and oxygen atoms in total. The Kier molecular flexibility index (Phi) is 6.62. The van der Waals surface area contributed by atoms with Gasteiger partial charge in [0.05, 0.1) is 5.92 Å². The third kappa shape index (κ3) is 4.73. The molecule has 162 valence electrons. The molecule has 1 saturated heterocycles. The van der Waals surface area contributed by atoms with Crippen molar-refractivity contribution in [3.05, 3.63) is 47.5 Å². The zero-order chi connectivity index (χ0) is 21.9. The monoisotopic (exact) mass is 432 g/mol. The summed E-state index contributed by atoms with van der Waals surface area (Å²) in [6.07, 6.45) is 4.53. The summed E-state index contributed by atoms with van der Waals surface area (Å²) in [7, 11) is -0.189. The van der Waals surface area contributed by atoms with Crippen LogP contribution in [0.15, 0.2) is 39.9 Å². The number of nitrogens with one attached hydrogen (secondary N) is 1. The van der Waals surface area contributed by atoms with Gasteiger partial charge < -0.3 is 14.7 Å². The Labute approximate surface area is 177 Å². The minimum atomic E-state index is -3.85. The number of carbonyl (C=O) groups is 1. The van der Waals surface area contributed by atoms with Gasteiger partial charge in [-0.2, -0.15) is 4.31 Å². The molecule has 1 N–H and O–H groups in total. The summed E-state index contributed by atoms with van der Waals surface area (Å²) in [6, 6.07) is 7.53. The topological polar surface area (TPSA) is 95.8 Å². The van der Waals surface area contributed by atoms with Gasteiger partial charge in [-0.05, 0) is 38.3 Å². The maximum Gasteiger partial charge on any atom is 0.248 e. The molecule has 2 heterocycles. The highest BCUT2D eigenvalue weighted by atomic mass is 32.2. The van der Waals surface area contributed by atoms with Crippen molar-refractivity contribution in [1.82, 2.24) is 14.4 Å². The van der Waals surface area contributed by atoms with Crippen LogP contribution in [0.2, 0.25) is 0 Å². The van der Waals surface area contributed by atoms with Crippen molar-refractivity contribution >= 4 is 27.7 Å². The van der Waals surface area contributed by atoms with Crippen molar-refractivity contribution in [1.29, 1.82) is 0 Å². The largest absolute Gasteiger partial charge is 0.383 e. The van der Waals surface area contributed by atoms with E-state index < -0.39 is 15.9 Å². The molecule has 3 rings (SSSR count). The zero-order valence-electron chi connectivity index (χ0n) is 17.8. The highest BCUT2D eigenvalue weighted by Gasteiger charge is 2.37. The van der Waals surface area contributed by atoms with Gasteiger partial charge in [0.25, 0.3) is 0 Å². The van der Waals surface area contributed by atoms with Crippen LogP contribution in [-0.2, 0) is 14.8 Å². The van der Waals surface area contributed by atoms with E-state index >= 15 is 0 Å². The summed E-state index contributed by atoms with van der Waals surface area (Å²) in [4.78, 5) is 14.6. The maximum absolute atomic E-state index is 13.4. The van der Waals surface area contributed by atoms with Crippen LogP contribution in [0, 0.1) is 19.8 Å². The Morgan fingerprint density at radius 2 is 2.03 bits per heavy atom. The summed E-state index contributed by atoms with van der Waals surface area (Å²) in [5.41, 5.74) is 2.01. The third-order valence-corrected chi connectivity index (χ3v) is 7.14. The smallest absolute Gasteiger partial charge is 0.248 e. The zero-order valence-corrected chi connectivity index (χ0v) is 18.6. The van der Waals surface area contributed by atoms with Crippen molar-refractivity contribution in [2.75, 3.05) is 32.5 Å². The van der Waals surface area contributed by atoms with Crippen molar-refractivity contribution in [2.45, 2.75) is 31.6 Å². The molecule has 1 aromatic carbocycles. The number of aryl methyl sites for hydroxylation is 2. The molecule has 1 fully saturated rings. The first-order valence-corrected chi connectivity index (χ1v) is 11.3. The number of benzene rings is 1. The van der Waals surface area contributed by atoms with Crippen LogP contribution in [0.3, 0.4) is 0 Å². The summed E-state index contributed by atoms with van der Waals surface area (Å²) in [5.74, 6) is -0.402. The van der Waals surface area contributed by atoms with Crippen LogP contribution >= 0.6 is 0 Å². The number of piperidine rings is 1. The molecule has 0 radical (unpaired) electrons. The van der Waals surface area contributed by atoms with Crippen molar-refractivity contribution < 1.29 is 17.7 Å². The van der Waals surface area contributed by atoms with E-state index in [0.29, 0.717) is 25.1 Å². The summed E-state index contributed by atoms with van der Waals surface area (Å²) in [5, 5.41) is 6.78. The number of para-hydroxylation sites is 1. The molecule has 0 unspecified atom stereocenters. The Bertz CT molecular complexity index is 1040. The lowest BCUT2D eigenvalue weighted by molar-refractivity contribution is -0.120. The molecular formula is C21H28N4O4S. The lowest BCUT2D eigenvalue weighted by Crippen LogP contribution is -2.44. The van der Waals surface area contributed by atoms with Gasteiger partial charge in [-0.15, -0.1) is 0 Å². The average Bonchev–Trinajstić information content (AvgIpc) is 3.09. The van der Waals surface area contributed by atoms with Gasteiger partial charge in [0.1, 0.15) is 5.69 Å². The van der Waals surface area contributed by atoms with Crippen LogP contribution < -0.4 is 5.32 Å². The first-order valence-electron chi connectivity index (χ1n) is 9.87. The highest BCUT2D eigenvalue weighted by Crippen LogP contribution is 2.29. The second-order valence-corrected chi connectivity index (χ2v) is 9.62. The normalized spacial score (nSPS) is 17.9. The molecule has 0 bridgehead atoms. The molecule has 1 aliphatic heterocycles. The molecule has 1 atom stereocenters. The number of hydrogen-bond donors (Lipinski definition) is 1. The molecular weight excluding hydrogens is 404 g/mol. The van der Waals surface area contributed by atoms with Gasteiger partial charge in [0, 0.05) is 45.1 Å². The van der Waals surface area contributed by atoms with E-state index in [1.54, 1.807) is 24.1 Å². The first kappa shape index (κ1) is 22.0. The fourth-order valence-corrected chi connectivity index (χ4v) is 5.24. The maximum atomic E-state index is 13.4. The quantitative estimate of drug-likeness (QED) is 0.754. The van der Waals surface area contributed by atoms with E-state index in [2.05, 4.69) is 10.5 Å². The van der Waals surface area contributed by atoms with E-state index in [9.17, 15) is 13.2 Å². The standard InChI is InChI=1S/C21H28N4O4S/c1-15-8-5-6-10-18(15)22-21(26)17-9-7-12-25(14-17)30(27,28)20-16(2)23-29-19(20)11-13-24(3)4/h5-6,8,10-11,13,17H,7,9,12,14H2,1-4H3,(H,22,26)/b13-11+/t17-/m0/s1. The second-order valence-electron chi connectivity index (χ2n) is 7.75. The molecule has 30 heavy (non-hydrogen) atoms. The summed E-state index contributed by atoms with van der Waals surface area (Å²) < 4.78 is 33.3. The lowest BCUT2D eigenvalue weighted by Gasteiger charge is -2.31. The number of aromatic nitrogens is 1. The van der Waals surface area contributed by atoms with E-state index in [-0.39, 0.29) is 23.1 Å². The van der Waals surface area contributed by atoms with E-state index in [1.165, 1.54) is 4.31 Å². The van der Waals surface area contributed by atoms with E-state index in [4.69, 9.17) is 4.52 Å². The van der Waals surface area contributed by atoms with Crippen molar-refractivity contribution in [3.8, 4) is 0 Å². The van der Waals surface area contributed by atoms with Crippen molar-refractivity contribution in [2.24, 2.45) is 5.92 Å². The Morgan fingerprint density at radius 3 is 2.73 bits per heavy atom. The molecule has 1 aliphatic rings. The predicted octanol–water partition coefficient (Wildman–Crippen LogP) is 2.86. The number of amides is 1. The van der Waals surface area contributed by atoms with Gasteiger partial charge in [0.15, 0.2) is 10.7 Å². The minimum Gasteiger partial charge on any atom is -0.383 e. The number of sulfonamides is 1. The Morgan fingerprint density at radius 1 is 1.30 bits per heavy atom. The minimum absolute atomic E-state index is 0.0561. The van der Waals surface area contributed by atoms with Crippen LogP contribution in [0.25, 0.3) is 6.08 Å². The van der Waals surface area contributed by atoms with Gasteiger partial charge in [0.2, 0.25) is 15.9 Å². The lowest BCUT2D eigenvalue weighted by atomic mass is 9.98. The molecule has 0 saturated carbocycles. The van der Waals surface area contributed by atoms with Gasteiger partial charge in [-0.3, -0.25) is 4.79 Å². The average molecular weight is 433 g/mol. The molecule has 2 aromatic rings. The first-order chi connectivity index (χ1) is 14.2. The molecule has 1 amide bonds. The van der Waals surface area contributed by atoms with Crippen LogP contribution in [0.4, 0.5) is 5.69 Å². The van der Waals surface area contributed by atoms with Crippen molar-refractivity contribution in [3.63, 3.8) is 0 Å². The van der Waals surface area contributed by atoms with E-state index in [1.807, 2.05) is 45.3 Å². The molecule has 9 heteroatoms. The number of rotatable bonds is 6. The highest BCUT2D eigenvalue weighted by molar-refractivity contribution is 7.89. The van der Waals surface area contributed by atoms with Gasteiger partial charge in [-0.25, -0.2) is 8.42 Å². The van der Waals surface area contributed by atoms with E-state index in [0.717, 1.165) is 11.3 Å². The summed E-state index contributed by atoms with van der Waals surface area (Å²) >= 11 is 0. The number of carbonyl (C=O) groups excluding carboxylic acids is 1. The number of hydrogen-bond acceptors (Lipinski definition) is 6. The fourth-order valence-electron chi connectivity index (χ4n) is 3.47. The van der Waals surface area contributed by atoms with Crippen LogP contribution in [0.5, 0.6) is 0 Å². The number of anilines is 1. The van der Waals surface area contributed by atoms with Crippen LogP contribution in [-0.4, -0.2) is 55.9 Å². The fraction of sp³-hybridized carbons (Fsp3) is 0.429. The molecule has 0 spiro atoms. The Balaban J connectivity index is 1.80. The second kappa shape index (κ2) is 9.01. The predicted molar refractivity (Wildman–Crippen MR) is 115 cm³/mol. The summed E-state index contributed by atoms with van der Waals surface area (Å²) in [6.45, 7) is 4.01. The molecule has 1 aromatic heterocycles. The Hall–Kier alpha value is -2.65. The number of nitrogens with zero attached hydrogens (tertiary/aromatic N) is 3. The van der Waals surface area contributed by atoms with Gasteiger partial charge >= 0.3 is 0 Å². The van der Waals surface area contributed by atoms with Gasteiger partial charge in [-0.1, -0.05) is 23.4 Å². The third-order valence-electron chi connectivity index (χ3n) is 5.11. The molecule has 0 aliphatic carbocycles.